The van der Waals surface area contributed by atoms with Crippen molar-refractivity contribution in [1.82, 2.24) is 0 Å². The van der Waals surface area contributed by atoms with Gasteiger partial charge in [0.05, 0.1) is 0 Å². The van der Waals surface area contributed by atoms with E-state index in [0.29, 0.717) is 5.92 Å². The molecule has 2 aromatic carbocycles. The molecule has 0 amide bonds. The van der Waals surface area contributed by atoms with Crippen molar-refractivity contribution in [3.05, 3.63) is 65.7 Å². The Hall–Kier alpha value is -1.76. The number of anilines is 1. The largest absolute Gasteiger partial charge is 0.378 e. The van der Waals surface area contributed by atoms with E-state index in [1.165, 1.54) is 16.8 Å². The first kappa shape index (κ1) is 12.7. The summed E-state index contributed by atoms with van der Waals surface area (Å²) in [6.45, 7) is 2.25. The second-order valence-corrected chi connectivity index (χ2v) is 4.86. The van der Waals surface area contributed by atoms with Gasteiger partial charge in [-0.1, -0.05) is 49.4 Å². The zero-order valence-corrected chi connectivity index (χ0v) is 11.4. The van der Waals surface area contributed by atoms with Crippen LogP contribution in [0.1, 0.15) is 30.4 Å². The fourth-order valence-corrected chi connectivity index (χ4v) is 2.35. The van der Waals surface area contributed by atoms with E-state index in [-0.39, 0.29) is 0 Å². The van der Waals surface area contributed by atoms with Crippen LogP contribution in [0.15, 0.2) is 54.6 Å². The Morgan fingerprint density at radius 2 is 1.39 bits per heavy atom. The monoisotopic (exact) mass is 239 g/mol. The number of hydrogen-bond donors (Lipinski definition) is 0. The van der Waals surface area contributed by atoms with Crippen molar-refractivity contribution in [2.24, 2.45) is 0 Å². The molecule has 0 bridgehead atoms. The Morgan fingerprint density at radius 3 is 1.89 bits per heavy atom. The summed E-state index contributed by atoms with van der Waals surface area (Å²) >= 11 is 0. The van der Waals surface area contributed by atoms with Crippen molar-refractivity contribution >= 4 is 5.69 Å². The van der Waals surface area contributed by atoms with E-state index >= 15 is 0 Å². The minimum atomic E-state index is 0.502. The molecule has 0 aliphatic heterocycles. The molecule has 94 valence electrons. The van der Waals surface area contributed by atoms with E-state index in [0.717, 1.165) is 6.42 Å². The van der Waals surface area contributed by atoms with Gasteiger partial charge >= 0.3 is 0 Å². The molecule has 0 saturated carbocycles. The molecular formula is C17H21N. The van der Waals surface area contributed by atoms with E-state index in [2.05, 4.69) is 80.5 Å². The molecule has 0 radical (unpaired) electrons. The van der Waals surface area contributed by atoms with E-state index < -0.39 is 0 Å². The van der Waals surface area contributed by atoms with Crippen LogP contribution in [0.2, 0.25) is 0 Å². The third-order valence-corrected chi connectivity index (χ3v) is 3.42. The maximum atomic E-state index is 2.25. The summed E-state index contributed by atoms with van der Waals surface area (Å²) in [5.41, 5.74) is 4.05. The highest BCUT2D eigenvalue weighted by Gasteiger charge is 2.11. The smallest absolute Gasteiger partial charge is 0.0361 e. The van der Waals surface area contributed by atoms with E-state index in [9.17, 15) is 0 Å². The summed E-state index contributed by atoms with van der Waals surface area (Å²) in [6.07, 6.45) is 1.13. The Morgan fingerprint density at radius 1 is 0.833 bits per heavy atom. The molecule has 1 unspecified atom stereocenters. The van der Waals surface area contributed by atoms with Crippen molar-refractivity contribution in [2.45, 2.75) is 19.3 Å². The van der Waals surface area contributed by atoms with Gasteiger partial charge in [0.2, 0.25) is 0 Å². The van der Waals surface area contributed by atoms with Crippen LogP contribution in [0, 0.1) is 0 Å². The highest BCUT2D eigenvalue weighted by Crippen LogP contribution is 2.28. The first-order valence-electron chi connectivity index (χ1n) is 6.54. The molecule has 0 saturated heterocycles. The highest BCUT2D eigenvalue weighted by atomic mass is 15.1. The Balaban J connectivity index is 2.28. The van der Waals surface area contributed by atoms with Gasteiger partial charge in [-0.05, 0) is 29.7 Å². The summed E-state index contributed by atoms with van der Waals surface area (Å²) < 4.78 is 0. The quantitative estimate of drug-likeness (QED) is 0.769. The van der Waals surface area contributed by atoms with Gasteiger partial charge in [0.15, 0.2) is 0 Å². The highest BCUT2D eigenvalue weighted by molar-refractivity contribution is 5.47. The van der Waals surface area contributed by atoms with Gasteiger partial charge in [0.25, 0.3) is 0 Å². The zero-order chi connectivity index (χ0) is 13.0. The average Bonchev–Trinajstić information content (AvgIpc) is 2.41. The van der Waals surface area contributed by atoms with Gasteiger partial charge in [-0.25, -0.2) is 0 Å². The molecule has 0 aliphatic carbocycles. The van der Waals surface area contributed by atoms with Gasteiger partial charge in [0.1, 0.15) is 0 Å². The van der Waals surface area contributed by atoms with Crippen LogP contribution in [-0.4, -0.2) is 14.1 Å². The molecule has 0 N–H and O–H groups in total. The van der Waals surface area contributed by atoms with Crippen molar-refractivity contribution in [2.75, 3.05) is 19.0 Å². The van der Waals surface area contributed by atoms with Crippen molar-refractivity contribution in [3.63, 3.8) is 0 Å². The number of nitrogens with zero attached hydrogens (tertiary/aromatic N) is 1. The lowest BCUT2D eigenvalue weighted by Crippen LogP contribution is -2.08. The Kier molecular flexibility index (Phi) is 4.03. The van der Waals surface area contributed by atoms with Gasteiger partial charge in [-0.15, -0.1) is 0 Å². The van der Waals surface area contributed by atoms with Crippen LogP contribution in [-0.2, 0) is 0 Å². The molecule has 1 heteroatoms. The maximum Gasteiger partial charge on any atom is 0.0361 e. The summed E-state index contributed by atoms with van der Waals surface area (Å²) in [7, 11) is 4.15. The molecule has 1 nitrogen and oxygen atoms in total. The SMILES string of the molecule is CCC(c1ccccc1)c1ccc(N(C)C)cc1. The average molecular weight is 239 g/mol. The first-order valence-corrected chi connectivity index (χ1v) is 6.54. The normalized spacial score (nSPS) is 12.2. The third-order valence-electron chi connectivity index (χ3n) is 3.42. The molecule has 0 aliphatic rings. The fraction of sp³-hybridized carbons (Fsp3) is 0.294. The van der Waals surface area contributed by atoms with E-state index in [1.807, 2.05) is 0 Å². The molecule has 0 heterocycles. The summed E-state index contributed by atoms with van der Waals surface area (Å²) in [6, 6.07) is 19.6. The first-order chi connectivity index (χ1) is 8.72. The molecular weight excluding hydrogens is 218 g/mol. The van der Waals surface area contributed by atoms with Crippen LogP contribution < -0.4 is 4.90 Å². The topological polar surface area (TPSA) is 3.24 Å². The second kappa shape index (κ2) is 5.72. The van der Waals surface area contributed by atoms with Crippen molar-refractivity contribution in [3.8, 4) is 0 Å². The fourth-order valence-electron chi connectivity index (χ4n) is 2.35. The third kappa shape index (κ3) is 2.73. The maximum absolute atomic E-state index is 2.25. The van der Waals surface area contributed by atoms with Crippen molar-refractivity contribution in [1.29, 1.82) is 0 Å². The van der Waals surface area contributed by atoms with Gasteiger partial charge < -0.3 is 4.90 Å². The lowest BCUT2D eigenvalue weighted by molar-refractivity contribution is 0.777. The summed E-state index contributed by atoms with van der Waals surface area (Å²) in [5.74, 6) is 0.502. The predicted octanol–water partition coefficient (Wildman–Crippen LogP) is 4.29. The lowest BCUT2D eigenvalue weighted by atomic mass is 9.89. The Labute approximate surface area is 110 Å². The molecule has 0 fully saturated rings. The number of hydrogen-bond acceptors (Lipinski definition) is 1. The summed E-state index contributed by atoms with van der Waals surface area (Å²) in [5, 5.41) is 0. The number of rotatable bonds is 4. The number of benzene rings is 2. The predicted molar refractivity (Wildman–Crippen MR) is 79.3 cm³/mol. The Bertz CT molecular complexity index is 471. The molecule has 1 atom stereocenters. The van der Waals surface area contributed by atoms with Gasteiger partial charge in [-0.3, -0.25) is 0 Å². The van der Waals surface area contributed by atoms with Crippen LogP contribution in [0.3, 0.4) is 0 Å². The van der Waals surface area contributed by atoms with Crippen LogP contribution >= 0.6 is 0 Å². The van der Waals surface area contributed by atoms with Gasteiger partial charge in [-0.2, -0.15) is 0 Å². The standard InChI is InChI=1S/C17H21N/c1-4-17(14-8-6-5-7-9-14)15-10-12-16(13-11-15)18(2)3/h5-13,17H,4H2,1-3H3. The van der Waals surface area contributed by atoms with Gasteiger partial charge in [0, 0.05) is 25.7 Å². The summed E-state index contributed by atoms with van der Waals surface area (Å²) in [4.78, 5) is 2.13. The molecule has 2 aromatic rings. The molecule has 18 heavy (non-hydrogen) atoms. The minimum absolute atomic E-state index is 0.502. The van der Waals surface area contributed by atoms with Crippen LogP contribution in [0.4, 0.5) is 5.69 Å². The van der Waals surface area contributed by atoms with E-state index in [1.54, 1.807) is 0 Å². The molecule has 0 spiro atoms. The lowest BCUT2D eigenvalue weighted by Gasteiger charge is -2.18. The van der Waals surface area contributed by atoms with Crippen LogP contribution in [0.25, 0.3) is 0 Å². The zero-order valence-electron chi connectivity index (χ0n) is 11.4. The molecule has 0 aromatic heterocycles. The second-order valence-electron chi connectivity index (χ2n) is 4.86. The molecule has 2 rings (SSSR count). The van der Waals surface area contributed by atoms with E-state index in [4.69, 9.17) is 0 Å². The van der Waals surface area contributed by atoms with Crippen molar-refractivity contribution < 1.29 is 0 Å². The van der Waals surface area contributed by atoms with Crippen LogP contribution in [0.5, 0.6) is 0 Å². The minimum Gasteiger partial charge on any atom is -0.378 e.